The number of halogens is 1. The smallest absolute Gasteiger partial charge is 0.253 e. The van der Waals surface area contributed by atoms with Gasteiger partial charge >= 0.3 is 0 Å². The van der Waals surface area contributed by atoms with Gasteiger partial charge in [-0.3, -0.25) is 9.79 Å². The number of hydrogen-bond donors (Lipinski definition) is 2. The first-order valence-corrected chi connectivity index (χ1v) is 10.0. The zero-order chi connectivity index (χ0) is 21.2. The van der Waals surface area contributed by atoms with E-state index in [9.17, 15) is 4.79 Å². The molecule has 30 heavy (non-hydrogen) atoms. The number of carbonyl (C=O) groups is 1. The Morgan fingerprint density at radius 3 is 2.27 bits per heavy atom. The van der Waals surface area contributed by atoms with Gasteiger partial charge < -0.3 is 20.4 Å². The molecule has 0 atom stereocenters. The topological polar surface area (TPSA) is 60.0 Å². The summed E-state index contributed by atoms with van der Waals surface area (Å²) in [5, 5.41) is 6.70. The van der Waals surface area contributed by atoms with Crippen LogP contribution in [-0.2, 0) is 6.54 Å². The lowest BCUT2D eigenvalue weighted by Gasteiger charge is -2.25. The molecule has 0 aliphatic heterocycles. The van der Waals surface area contributed by atoms with Gasteiger partial charge in [0.2, 0.25) is 0 Å². The molecular weight excluding hydrogens is 489 g/mol. The number of guanidine groups is 1. The van der Waals surface area contributed by atoms with Gasteiger partial charge in [0.05, 0.1) is 0 Å². The van der Waals surface area contributed by atoms with Gasteiger partial charge in [-0.25, -0.2) is 0 Å². The van der Waals surface area contributed by atoms with Gasteiger partial charge in [0, 0.05) is 58.6 Å². The number of nitrogens with one attached hydrogen (secondary N) is 2. The fraction of sp³-hybridized carbons (Fsp3) is 0.391. The lowest BCUT2D eigenvalue weighted by molar-refractivity contribution is 0.0827. The fourth-order valence-electron chi connectivity index (χ4n) is 3.11. The third kappa shape index (κ3) is 7.51. The van der Waals surface area contributed by atoms with E-state index in [1.807, 2.05) is 24.3 Å². The molecule has 1 amide bonds. The predicted molar refractivity (Wildman–Crippen MR) is 137 cm³/mol. The van der Waals surface area contributed by atoms with Crippen LogP contribution in [0.3, 0.4) is 0 Å². The van der Waals surface area contributed by atoms with Gasteiger partial charge in [0.25, 0.3) is 5.91 Å². The summed E-state index contributed by atoms with van der Waals surface area (Å²) >= 11 is 0. The number of carbonyl (C=O) groups excluding carboxylic acids is 1. The van der Waals surface area contributed by atoms with Gasteiger partial charge in [0.15, 0.2) is 5.96 Å². The third-order valence-corrected chi connectivity index (χ3v) is 4.80. The van der Waals surface area contributed by atoms with Crippen LogP contribution < -0.4 is 15.5 Å². The lowest BCUT2D eigenvalue weighted by Crippen LogP contribution is -2.41. The number of rotatable bonds is 8. The van der Waals surface area contributed by atoms with Crippen LogP contribution in [0.5, 0.6) is 0 Å². The molecule has 0 spiro atoms. The van der Waals surface area contributed by atoms with Crippen molar-refractivity contribution in [1.82, 2.24) is 15.5 Å². The molecule has 0 aromatic heterocycles. The van der Waals surface area contributed by atoms with Crippen LogP contribution in [0.2, 0.25) is 0 Å². The first kappa shape index (κ1) is 25.7. The van der Waals surface area contributed by atoms with Gasteiger partial charge in [0.1, 0.15) is 0 Å². The number of anilines is 1. The van der Waals surface area contributed by atoms with E-state index in [4.69, 9.17) is 0 Å². The van der Waals surface area contributed by atoms with E-state index < -0.39 is 0 Å². The van der Waals surface area contributed by atoms with E-state index >= 15 is 0 Å². The third-order valence-electron chi connectivity index (χ3n) is 4.80. The Kier molecular flexibility index (Phi) is 11.2. The maximum Gasteiger partial charge on any atom is 0.253 e. The fourth-order valence-corrected chi connectivity index (χ4v) is 3.11. The summed E-state index contributed by atoms with van der Waals surface area (Å²) in [5.74, 6) is 0.774. The highest BCUT2D eigenvalue weighted by molar-refractivity contribution is 14.0. The quantitative estimate of drug-likeness (QED) is 0.316. The number of hydrogen-bond acceptors (Lipinski definition) is 3. The number of amides is 1. The molecule has 0 aliphatic carbocycles. The van der Waals surface area contributed by atoms with Crippen LogP contribution in [0.25, 0.3) is 0 Å². The Balaban J connectivity index is 0.00000450. The van der Waals surface area contributed by atoms with Crippen molar-refractivity contribution in [2.75, 3.05) is 45.7 Å². The molecule has 0 fully saturated rings. The van der Waals surface area contributed by atoms with Gasteiger partial charge in [-0.2, -0.15) is 0 Å². The van der Waals surface area contributed by atoms with E-state index in [0.717, 1.165) is 31.2 Å². The zero-order valence-corrected chi connectivity index (χ0v) is 20.9. The van der Waals surface area contributed by atoms with Crippen LogP contribution >= 0.6 is 24.0 Å². The van der Waals surface area contributed by atoms with Crippen molar-refractivity contribution < 1.29 is 4.79 Å². The zero-order valence-electron chi connectivity index (χ0n) is 18.6. The van der Waals surface area contributed by atoms with Crippen molar-refractivity contribution in [1.29, 1.82) is 0 Å². The first-order valence-electron chi connectivity index (χ1n) is 10.0. The number of para-hydroxylation sites is 1. The van der Waals surface area contributed by atoms with Crippen molar-refractivity contribution >= 4 is 41.5 Å². The van der Waals surface area contributed by atoms with Crippen molar-refractivity contribution in [3.8, 4) is 0 Å². The molecular formula is C23H34IN5O. The average molecular weight is 523 g/mol. The Hall–Kier alpha value is -2.29. The van der Waals surface area contributed by atoms with E-state index in [0.29, 0.717) is 12.1 Å². The standard InChI is InChI=1S/C23H33N5O.HI/c1-6-28(21-10-8-7-9-18(21)2)16-15-25-23(24-3)26-17-19-11-13-20(14-12-19)22(29)27(4)5;/h7-14H,6,15-17H2,1-5H3,(H2,24,25,26);1H. The van der Waals surface area contributed by atoms with Gasteiger partial charge in [-0.1, -0.05) is 30.3 Å². The second-order valence-electron chi connectivity index (χ2n) is 7.12. The normalized spacial score (nSPS) is 10.8. The highest BCUT2D eigenvalue weighted by Gasteiger charge is 2.08. The average Bonchev–Trinajstić information content (AvgIpc) is 2.74. The largest absolute Gasteiger partial charge is 0.370 e. The van der Waals surface area contributed by atoms with E-state index in [-0.39, 0.29) is 29.9 Å². The summed E-state index contributed by atoms with van der Waals surface area (Å²) in [6.45, 7) is 7.59. The Morgan fingerprint density at radius 1 is 1.03 bits per heavy atom. The second-order valence-corrected chi connectivity index (χ2v) is 7.12. The number of aryl methyl sites for hydroxylation is 1. The minimum absolute atomic E-state index is 0. The lowest BCUT2D eigenvalue weighted by atomic mass is 10.1. The van der Waals surface area contributed by atoms with Gasteiger partial charge in [-0.05, 0) is 43.2 Å². The summed E-state index contributed by atoms with van der Waals surface area (Å²) in [5.41, 5.74) is 4.34. The van der Waals surface area contributed by atoms with E-state index in [1.165, 1.54) is 11.3 Å². The predicted octanol–water partition coefficient (Wildman–Crippen LogP) is 3.51. The number of likely N-dealkylation sites (N-methyl/N-ethyl adjacent to an activating group) is 1. The molecule has 0 unspecified atom stereocenters. The Labute approximate surface area is 197 Å². The summed E-state index contributed by atoms with van der Waals surface area (Å²) in [6.07, 6.45) is 0. The molecule has 2 aromatic rings. The van der Waals surface area contributed by atoms with E-state index in [2.05, 4.69) is 58.6 Å². The summed E-state index contributed by atoms with van der Waals surface area (Å²) < 4.78 is 0. The van der Waals surface area contributed by atoms with Gasteiger partial charge in [-0.15, -0.1) is 24.0 Å². The van der Waals surface area contributed by atoms with Crippen molar-refractivity contribution in [2.45, 2.75) is 20.4 Å². The molecule has 0 saturated carbocycles. The molecule has 6 nitrogen and oxygen atoms in total. The SMILES string of the molecule is CCN(CCNC(=NC)NCc1ccc(C(=O)N(C)C)cc1)c1ccccc1C.I. The van der Waals surface area contributed by atoms with Crippen molar-refractivity contribution in [3.05, 3.63) is 65.2 Å². The van der Waals surface area contributed by atoms with Crippen LogP contribution in [0.15, 0.2) is 53.5 Å². The van der Waals surface area contributed by atoms with Crippen LogP contribution in [0.1, 0.15) is 28.4 Å². The molecule has 0 bridgehead atoms. The highest BCUT2D eigenvalue weighted by Crippen LogP contribution is 2.18. The minimum Gasteiger partial charge on any atom is -0.370 e. The maximum absolute atomic E-state index is 12.0. The number of nitrogens with zero attached hydrogens (tertiary/aromatic N) is 3. The Morgan fingerprint density at radius 2 is 1.70 bits per heavy atom. The van der Waals surface area contributed by atoms with Crippen LogP contribution in [0, 0.1) is 6.92 Å². The molecule has 0 radical (unpaired) electrons. The molecule has 2 N–H and O–H groups in total. The van der Waals surface area contributed by atoms with Crippen molar-refractivity contribution in [3.63, 3.8) is 0 Å². The van der Waals surface area contributed by atoms with Crippen LogP contribution in [0.4, 0.5) is 5.69 Å². The molecule has 2 aromatic carbocycles. The molecule has 164 valence electrons. The number of benzene rings is 2. The highest BCUT2D eigenvalue weighted by atomic mass is 127. The van der Waals surface area contributed by atoms with E-state index in [1.54, 1.807) is 26.0 Å². The first-order chi connectivity index (χ1) is 14.0. The van der Waals surface area contributed by atoms with Crippen LogP contribution in [-0.4, -0.2) is 57.5 Å². The molecule has 0 heterocycles. The summed E-state index contributed by atoms with van der Waals surface area (Å²) in [6, 6.07) is 16.1. The van der Waals surface area contributed by atoms with Crippen molar-refractivity contribution in [2.24, 2.45) is 4.99 Å². The summed E-state index contributed by atoms with van der Waals surface area (Å²) in [7, 11) is 5.28. The Bertz CT molecular complexity index is 821. The molecule has 0 saturated heterocycles. The maximum atomic E-state index is 12.0. The molecule has 2 rings (SSSR count). The second kappa shape index (κ2) is 13.1. The molecule has 7 heteroatoms. The molecule has 0 aliphatic rings. The number of aliphatic imine (C=N–C) groups is 1. The minimum atomic E-state index is 0. The monoisotopic (exact) mass is 523 g/mol. The summed E-state index contributed by atoms with van der Waals surface area (Å²) in [4.78, 5) is 20.2.